The smallest absolute Gasteiger partial charge is 0.490 e. The number of nitrogen functional groups attached to an aromatic ring is 1. The Kier molecular flexibility index (Phi) is 4.38. The zero-order valence-electron chi connectivity index (χ0n) is 9.03. The van der Waals surface area contributed by atoms with Crippen molar-refractivity contribution in [1.82, 2.24) is 0 Å². The van der Waals surface area contributed by atoms with Gasteiger partial charge in [0.25, 0.3) is 0 Å². The molecule has 8 heteroatoms. The number of carboxylic acids is 1. The van der Waals surface area contributed by atoms with Gasteiger partial charge in [-0.25, -0.2) is 4.79 Å². The van der Waals surface area contributed by atoms with Gasteiger partial charge in [-0.15, -0.1) is 13.2 Å². The molecular weight excluding hydrogens is 255 g/mol. The van der Waals surface area contributed by atoms with Gasteiger partial charge in [0.15, 0.2) is 0 Å². The van der Waals surface area contributed by atoms with Crippen molar-refractivity contribution in [3.63, 3.8) is 0 Å². The topological polar surface area (TPSA) is 81.8 Å². The van der Waals surface area contributed by atoms with Crippen LogP contribution in [0.5, 0.6) is 5.75 Å². The first-order valence-corrected chi connectivity index (χ1v) is 4.76. The van der Waals surface area contributed by atoms with E-state index in [1.165, 1.54) is 18.2 Å². The minimum absolute atomic E-state index is 0.0308. The number of anilines is 1. The Morgan fingerprint density at radius 2 is 2.00 bits per heavy atom. The van der Waals surface area contributed by atoms with E-state index in [0.717, 1.165) is 0 Å². The molecule has 0 atom stereocenters. The molecule has 0 heterocycles. The molecule has 0 aliphatic carbocycles. The van der Waals surface area contributed by atoms with Crippen molar-refractivity contribution in [2.45, 2.75) is 6.36 Å². The van der Waals surface area contributed by atoms with Gasteiger partial charge in [0.1, 0.15) is 17.9 Å². The summed E-state index contributed by atoms with van der Waals surface area (Å²) in [5, 5.41) is 8.86. The average molecular weight is 265 g/mol. The number of aromatic carboxylic acids is 1. The van der Waals surface area contributed by atoms with Crippen LogP contribution in [0.15, 0.2) is 18.2 Å². The van der Waals surface area contributed by atoms with E-state index in [-0.39, 0.29) is 17.0 Å². The summed E-state index contributed by atoms with van der Waals surface area (Å²) >= 11 is 0. The Labute approximate surface area is 99.9 Å². The lowest BCUT2D eigenvalue weighted by atomic mass is 10.1. The number of hydrogen-bond donors (Lipinski definition) is 2. The molecule has 0 spiro atoms. The molecule has 1 aromatic rings. The van der Waals surface area contributed by atoms with E-state index in [9.17, 15) is 18.0 Å². The van der Waals surface area contributed by atoms with Crippen LogP contribution in [0.2, 0.25) is 0 Å². The molecule has 0 aliphatic rings. The predicted molar refractivity (Wildman–Crippen MR) is 55.3 cm³/mol. The molecular formula is C10H10F3NO4. The quantitative estimate of drug-likeness (QED) is 0.627. The first-order valence-electron chi connectivity index (χ1n) is 4.76. The SMILES string of the molecule is Nc1cccc(OCCOC(F)(F)F)c1C(=O)O. The highest BCUT2D eigenvalue weighted by Crippen LogP contribution is 2.24. The van der Waals surface area contributed by atoms with Gasteiger partial charge in [0.2, 0.25) is 0 Å². The van der Waals surface area contributed by atoms with Crippen molar-refractivity contribution >= 4 is 11.7 Å². The third-order valence-electron chi connectivity index (χ3n) is 1.88. The lowest BCUT2D eigenvalue weighted by molar-refractivity contribution is -0.325. The zero-order chi connectivity index (χ0) is 13.8. The summed E-state index contributed by atoms with van der Waals surface area (Å²) in [5.41, 5.74) is 5.11. The number of alkyl halides is 3. The summed E-state index contributed by atoms with van der Waals surface area (Å²) in [6.07, 6.45) is -4.74. The lowest BCUT2D eigenvalue weighted by Gasteiger charge is -2.11. The van der Waals surface area contributed by atoms with Crippen LogP contribution in [0.4, 0.5) is 18.9 Å². The van der Waals surface area contributed by atoms with Crippen LogP contribution in [0, 0.1) is 0 Å². The van der Waals surface area contributed by atoms with Crippen molar-refractivity contribution in [3.05, 3.63) is 23.8 Å². The molecule has 1 aromatic carbocycles. The van der Waals surface area contributed by atoms with Gasteiger partial charge in [-0.05, 0) is 12.1 Å². The summed E-state index contributed by atoms with van der Waals surface area (Å²) in [4.78, 5) is 10.9. The molecule has 0 aliphatic heterocycles. The standard InChI is InChI=1S/C10H10F3NO4/c11-10(12,13)18-5-4-17-7-3-1-2-6(14)8(7)9(15)16/h1-3H,4-5,14H2,(H,15,16). The number of carboxylic acid groups (broad SMARTS) is 1. The predicted octanol–water partition coefficient (Wildman–Crippen LogP) is 1.88. The molecule has 0 aromatic heterocycles. The van der Waals surface area contributed by atoms with E-state index in [1.54, 1.807) is 0 Å². The minimum atomic E-state index is -4.74. The van der Waals surface area contributed by atoms with Crippen molar-refractivity contribution in [3.8, 4) is 5.75 Å². The maximum Gasteiger partial charge on any atom is 0.522 e. The fourth-order valence-corrected chi connectivity index (χ4v) is 1.21. The van der Waals surface area contributed by atoms with E-state index in [0.29, 0.717) is 0 Å². The second kappa shape index (κ2) is 5.58. The van der Waals surface area contributed by atoms with E-state index >= 15 is 0 Å². The van der Waals surface area contributed by atoms with Crippen molar-refractivity contribution in [2.75, 3.05) is 18.9 Å². The van der Waals surface area contributed by atoms with Gasteiger partial charge in [-0.3, -0.25) is 4.74 Å². The van der Waals surface area contributed by atoms with Gasteiger partial charge in [-0.1, -0.05) is 6.07 Å². The monoisotopic (exact) mass is 265 g/mol. The number of rotatable bonds is 5. The molecule has 3 N–H and O–H groups in total. The van der Waals surface area contributed by atoms with Crippen LogP contribution < -0.4 is 10.5 Å². The maximum atomic E-state index is 11.7. The molecule has 5 nitrogen and oxygen atoms in total. The normalized spacial score (nSPS) is 11.3. The zero-order valence-corrected chi connectivity index (χ0v) is 9.03. The first kappa shape index (κ1) is 14.1. The van der Waals surface area contributed by atoms with E-state index < -0.39 is 25.5 Å². The van der Waals surface area contributed by atoms with Crippen molar-refractivity contribution < 1.29 is 32.5 Å². The van der Waals surface area contributed by atoms with Crippen LogP contribution in [0.25, 0.3) is 0 Å². The highest BCUT2D eigenvalue weighted by Gasteiger charge is 2.28. The fraction of sp³-hybridized carbons (Fsp3) is 0.300. The Bertz CT molecular complexity index is 434. The summed E-state index contributed by atoms with van der Waals surface area (Å²) in [6, 6.07) is 4.08. The molecule has 0 fully saturated rings. The Morgan fingerprint density at radius 1 is 1.33 bits per heavy atom. The number of carbonyl (C=O) groups is 1. The highest BCUT2D eigenvalue weighted by molar-refractivity contribution is 5.96. The lowest BCUT2D eigenvalue weighted by Crippen LogP contribution is -2.18. The van der Waals surface area contributed by atoms with Crippen LogP contribution in [0.3, 0.4) is 0 Å². The Balaban J connectivity index is 2.63. The van der Waals surface area contributed by atoms with Crippen LogP contribution in [0.1, 0.15) is 10.4 Å². The highest BCUT2D eigenvalue weighted by atomic mass is 19.4. The summed E-state index contributed by atoms with van der Waals surface area (Å²) in [7, 11) is 0. The van der Waals surface area contributed by atoms with Crippen LogP contribution in [-0.2, 0) is 4.74 Å². The van der Waals surface area contributed by atoms with Crippen LogP contribution >= 0.6 is 0 Å². The van der Waals surface area contributed by atoms with Gasteiger partial charge < -0.3 is 15.6 Å². The molecule has 0 saturated carbocycles. The molecule has 0 radical (unpaired) electrons. The van der Waals surface area contributed by atoms with Gasteiger partial charge in [0.05, 0.1) is 6.61 Å². The van der Waals surface area contributed by atoms with E-state index in [1.807, 2.05) is 0 Å². The van der Waals surface area contributed by atoms with Crippen molar-refractivity contribution in [2.24, 2.45) is 0 Å². The van der Waals surface area contributed by atoms with E-state index in [2.05, 4.69) is 4.74 Å². The summed E-state index contributed by atoms with van der Waals surface area (Å²) in [5.74, 6) is -1.42. The second-order valence-corrected chi connectivity index (χ2v) is 3.17. The number of halogens is 3. The molecule has 0 unspecified atom stereocenters. The second-order valence-electron chi connectivity index (χ2n) is 3.17. The first-order chi connectivity index (χ1) is 8.31. The molecule has 0 bridgehead atoms. The summed E-state index contributed by atoms with van der Waals surface area (Å²) < 4.78 is 43.4. The number of hydrogen-bond acceptors (Lipinski definition) is 4. The summed E-state index contributed by atoms with van der Waals surface area (Å²) in [6.45, 7) is -1.18. The van der Waals surface area contributed by atoms with E-state index in [4.69, 9.17) is 15.6 Å². The molecule has 1 rings (SSSR count). The van der Waals surface area contributed by atoms with Crippen molar-refractivity contribution in [1.29, 1.82) is 0 Å². The largest absolute Gasteiger partial charge is 0.522 e. The Hall–Kier alpha value is -1.96. The fourth-order valence-electron chi connectivity index (χ4n) is 1.21. The third-order valence-corrected chi connectivity index (χ3v) is 1.88. The van der Waals surface area contributed by atoms with Crippen LogP contribution in [-0.4, -0.2) is 30.7 Å². The number of benzene rings is 1. The molecule has 100 valence electrons. The van der Waals surface area contributed by atoms with Gasteiger partial charge in [-0.2, -0.15) is 0 Å². The van der Waals surface area contributed by atoms with Gasteiger partial charge in [0, 0.05) is 5.69 Å². The molecule has 0 amide bonds. The molecule has 0 saturated heterocycles. The number of nitrogens with two attached hydrogens (primary N) is 1. The minimum Gasteiger partial charge on any atom is -0.490 e. The molecule has 18 heavy (non-hydrogen) atoms. The maximum absolute atomic E-state index is 11.7. The van der Waals surface area contributed by atoms with Gasteiger partial charge >= 0.3 is 12.3 Å². The Morgan fingerprint density at radius 3 is 2.56 bits per heavy atom. The average Bonchev–Trinajstić information content (AvgIpc) is 2.22. The number of ether oxygens (including phenoxy) is 2. The third kappa shape index (κ3) is 4.13.